The topological polar surface area (TPSA) is 128 Å². The number of nitrogens with one attached hydrogen (secondary N) is 2. The fraction of sp³-hybridized carbons (Fsp3) is 0.111. The van der Waals surface area contributed by atoms with Crippen LogP contribution in [0.5, 0.6) is 0 Å². The highest BCUT2D eigenvalue weighted by Crippen LogP contribution is 2.14. The van der Waals surface area contributed by atoms with Crippen LogP contribution in [0.3, 0.4) is 0 Å². The molecule has 0 aliphatic heterocycles. The molecule has 0 spiro atoms. The number of hydrazine groups is 1. The van der Waals surface area contributed by atoms with Crippen LogP contribution in [0.25, 0.3) is 5.69 Å². The molecule has 0 radical (unpaired) electrons. The van der Waals surface area contributed by atoms with E-state index in [1.54, 1.807) is 48.5 Å². The van der Waals surface area contributed by atoms with E-state index in [0.717, 1.165) is 0 Å². The molecule has 10 nitrogen and oxygen atoms in total. The zero-order valence-corrected chi connectivity index (χ0v) is 14.8. The third kappa shape index (κ3) is 4.36. The fourth-order valence-electron chi connectivity index (χ4n) is 2.28. The molecule has 2 amide bonds. The number of amides is 2. The normalized spacial score (nSPS) is 11.3. The molecule has 3 rings (SSSR count). The summed E-state index contributed by atoms with van der Waals surface area (Å²) in [4.78, 5) is 36.5. The number of esters is 1. The van der Waals surface area contributed by atoms with Crippen molar-refractivity contribution in [1.29, 1.82) is 0 Å². The van der Waals surface area contributed by atoms with Gasteiger partial charge in [-0.3, -0.25) is 20.4 Å². The molecule has 0 saturated heterocycles. The number of nitrogens with zero attached hydrogens (tertiary/aromatic N) is 4. The van der Waals surface area contributed by atoms with E-state index in [0.29, 0.717) is 11.3 Å². The summed E-state index contributed by atoms with van der Waals surface area (Å²) in [6, 6.07) is 14.9. The molecule has 0 unspecified atom stereocenters. The van der Waals surface area contributed by atoms with Crippen molar-refractivity contribution in [3.05, 3.63) is 72.1 Å². The number of rotatable bonds is 5. The molecule has 28 heavy (non-hydrogen) atoms. The van der Waals surface area contributed by atoms with Crippen LogP contribution in [0.1, 0.15) is 27.6 Å². The molecule has 142 valence electrons. The van der Waals surface area contributed by atoms with Crippen molar-refractivity contribution >= 4 is 17.8 Å². The van der Waals surface area contributed by atoms with Gasteiger partial charge in [-0.15, -0.1) is 5.10 Å². The first-order chi connectivity index (χ1) is 13.6. The summed E-state index contributed by atoms with van der Waals surface area (Å²) < 4.78 is 6.50. The van der Waals surface area contributed by atoms with E-state index in [1.165, 1.54) is 24.0 Å². The maximum Gasteiger partial charge on any atom is 0.341 e. The smallest absolute Gasteiger partial charge is 0.341 e. The van der Waals surface area contributed by atoms with E-state index in [1.807, 2.05) is 0 Å². The van der Waals surface area contributed by atoms with Crippen molar-refractivity contribution in [2.24, 2.45) is 0 Å². The molecule has 1 aromatic heterocycles. The van der Waals surface area contributed by atoms with Crippen molar-refractivity contribution in [2.75, 3.05) is 0 Å². The minimum absolute atomic E-state index is 0.183. The highest BCUT2D eigenvalue weighted by atomic mass is 16.5. The number of hydrogen-bond donors (Lipinski definition) is 2. The van der Waals surface area contributed by atoms with Gasteiger partial charge >= 0.3 is 5.97 Å². The standard InChI is InChI=1S/C18H16N6O4/c1-12(16(25)20-21-17(26)13-7-3-2-4-8-13)28-18(27)14-9-5-6-10-15(14)24-11-19-22-23-24/h2-12H,1H3,(H,20,25)(H,21,26)/t12-/m1/s1. The van der Waals surface area contributed by atoms with Crippen molar-refractivity contribution in [2.45, 2.75) is 13.0 Å². The van der Waals surface area contributed by atoms with Gasteiger partial charge in [0, 0.05) is 5.56 Å². The Balaban J connectivity index is 1.60. The SMILES string of the molecule is C[C@@H](OC(=O)c1ccccc1-n1cnnn1)C(=O)NNC(=O)c1ccccc1. The van der Waals surface area contributed by atoms with E-state index < -0.39 is 23.9 Å². The Morgan fingerprint density at radius 2 is 1.71 bits per heavy atom. The lowest BCUT2D eigenvalue weighted by molar-refractivity contribution is -0.129. The van der Waals surface area contributed by atoms with Gasteiger partial charge in [-0.05, 0) is 41.6 Å². The summed E-state index contributed by atoms with van der Waals surface area (Å²) in [5.41, 5.74) is 5.46. The molecule has 2 aromatic carbocycles. The maximum atomic E-state index is 12.5. The molecule has 0 saturated carbocycles. The molecule has 0 aliphatic rings. The van der Waals surface area contributed by atoms with Crippen molar-refractivity contribution in [3.63, 3.8) is 0 Å². The number of aromatic nitrogens is 4. The maximum absolute atomic E-state index is 12.5. The third-order valence-corrected chi connectivity index (χ3v) is 3.71. The summed E-state index contributed by atoms with van der Waals surface area (Å²) in [6.07, 6.45) is 0.187. The van der Waals surface area contributed by atoms with Crippen LogP contribution in [0.15, 0.2) is 60.9 Å². The molecule has 10 heteroatoms. The lowest BCUT2D eigenvalue weighted by Gasteiger charge is -2.15. The lowest BCUT2D eigenvalue weighted by atomic mass is 10.2. The molecule has 1 atom stereocenters. The van der Waals surface area contributed by atoms with E-state index in [9.17, 15) is 14.4 Å². The van der Waals surface area contributed by atoms with Crippen LogP contribution >= 0.6 is 0 Å². The Labute approximate surface area is 159 Å². The lowest BCUT2D eigenvalue weighted by Crippen LogP contribution is -2.46. The second kappa shape index (κ2) is 8.54. The molecular weight excluding hydrogens is 364 g/mol. The number of para-hydroxylation sites is 1. The van der Waals surface area contributed by atoms with Gasteiger partial charge in [0.2, 0.25) is 0 Å². The van der Waals surface area contributed by atoms with Gasteiger partial charge in [-0.25, -0.2) is 4.79 Å². The first kappa shape index (κ1) is 18.7. The van der Waals surface area contributed by atoms with Gasteiger partial charge in [0.25, 0.3) is 11.8 Å². The first-order valence-electron chi connectivity index (χ1n) is 8.25. The molecule has 2 N–H and O–H groups in total. The molecule has 0 aliphatic carbocycles. The molecular formula is C18H16N6O4. The van der Waals surface area contributed by atoms with Crippen LogP contribution in [-0.2, 0) is 9.53 Å². The highest BCUT2D eigenvalue weighted by molar-refractivity contribution is 5.97. The molecule has 3 aromatic rings. The van der Waals surface area contributed by atoms with Gasteiger partial charge in [-0.1, -0.05) is 30.3 Å². The quantitative estimate of drug-likeness (QED) is 0.492. The fourth-order valence-corrected chi connectivity index (χ4v) is 2.28. The summed E-state index contributed by atoms with van der Waals surface area (Å²) in [5, 5.41) is 10.8. The summed E-state index contributed by atoms with van der Waals surface area (Å²) in [7, 11) is 0. The summed E-state index contributed by atoms with van der Waals surface area (Å²) in [5.74, 6) is -1.91. The Kier molecular flexibility index (Phi) is 5.70. The van der Waals surface area contributed by atoms with Crippen LogP contribution in [0.4, 0.5) is 0 Å². The third-order valence-electron chi connectivity index (χ3n) is 3.71. The zero-order valence-electron chi connectivity index (χ0n) is 14.8. The predicted octanol–water partition coefficient (Wildman–Crippen LogP) is 0.669. The summed E-state index contributed by atoms with van der Waals surface area (Å²) >= 11 is 0. The second-order valence-electron chi connectivity index (χ2n) is 5.63. The number of carbonyl (C=O) groups excluding carboxylic acids is 3. The Morgan fingerprint density at radius 1 is 1.00 bits per heavy atom. The molecule has 1 heterocycles. The van der Waals surface area contributed by atoms with Crippen molar-refractivity contribution < 1.29 is 19.1 Å². The predicted molar refractivity (Wildman–Crippen MR) is 96.1 cm³/mol. The van der Waals surface area contributed by atoms with Crippen LogP contribution in [0.2, 0.25) is 0 Å². The van der Waals surface area contributed by atoms with Crippen molar-refractivity contribution in [1.82, 2.24) is 31.1 Å². The minimum atomic E-state index is -1.15. The Hall–Kier alpha value is -4.08. The first-order valence-corrected chi connectivity index (χ1v) is 8.25. The number of tetrazole rings is 1. The van der Waals surface area contributed by atoms with E-state index in [2.05, 4.69) is 26.4 Å². The minimum Gasteiger partial charge on any atom is -0.449 e. The molecule has 0 bridgehead atoms. The highest BCUT2D eigenvalue weighted by Gasteiger charge is 2.22. The monoisotopic (exact) mass is 380 g/mol. The van der Waals surface area contributed by atoms with Gasteiger partial charge in [0.05, 0.1) is 11.3 Å². The number of carbonyl (C=O) groups is 3. The van der Waals surface area contributed by atoms with Gasteiger partial charge in [0.15, 0.2) is 6.10 Å². The average Bonchev–Trinajstić information content (AvgIpc) is 3.27. The van der Waals surface area contributed by atoms with Gasteiger partial charge in [-0.2, -0.15) is 4.68 Å². The van der Waals surface area contributed by atoms with E-state index in [4.69, 9.17) is 4.74 Å². The van der Waals surface area contributed by atoms with E-state index in [-0.39, 0.29) is 5.56 Å². The average molecular weight is 380 g/mol. The Bertz CT molecular complexity index is 975. The van der Waals surface area contributed by atoms with Crippen LogP contribution in [-0.4, -0.2) is 44.1 Å². The molecule has 0 fully saturated rings. The second-order valence-corrected chi connectivity index (χ2v) is 5.63. The van der Waals surface area contributed by atoms with Crippen LogP contribution in [0, 0.1) is 0 Å². The zero-order chi connectivity index (χ0) is 19.9. The van der Waals surface area contributed by atoms with Gasteiger partial charge < -0.3 is 4.74 Å². The summed E-state index contributed by atoms with van der Waals surface area (Å²) in [6.45, 7) is 1.39. The van der Waals surface area contributed by atoms with E-state index >= 15 is 0 Å². The van der Waals surface area contributed by atoms with Gasteiger partial charge in [0.1, 0.15) is 6.33 Å². The number of ether oxygens (including phenoxy) is 1. The van der Waals surface area contributed by atoms with Crippen molar-refractivity contribution in [3.8, 4) is 5.69 Å². The number of benzene rings is 2. The Morgan fingerprint density at radius 3 is 2.43 bits per heavy atom. The number of hydrogen-bond acceptors (Lipinski definition) is 7. The largest absolute Gasteiger partial charge is 0.449 e. The van der Waals surface area contributed by atoms with Crippen LogP contribution < -0.4 is 10.9 Å².